The third-order valence-corrected chi connectivity index (χ3v) is 9.34. The van der Waals surface area contributed by atoms with E-state index in [9.17, 15) is 10.1 Å². The highest BCUT2D eigenvalue weighted by atomic mass is 35.5. The predicted molar refractivity (Wildman–Crippen MR) is 185 cm³/mol. The lowest BCUT2D eigenvalue weighted by atomic mass is 9.91. The lowest BCUT2D eigenvalue weighted by Gasteiger charge is -2.30. The first-order chi connectivity index (χ1) is 22.3. The first-order valence-electron chi connectivity index (χ1n) is 16.2. The number of amides is 1. The molecule has 1 aliphatic carbocycles. The summed E-state index contributed by atoms with van der Waals surface area (Å²) in [6.07, 6.45) is 5.10. The minimum atomic E-state index is -0.230. The summed E-state index contributed by atoms with van der Waals surface area (Å²) in [5.74, 6) is 1.26. The number of nitriles is 1. The van der Waals surface area contributed by atoms with E-state index in [1.165, 1.54) is 11.1 Å². The first kappa shape index (κ1) is 33.4. The number of carbonyl (C=O) groups excluding carboxylic acids is 1. The summed E-state index contributed by atoms with van der Waals surface area (Å²) in [4.78, 5) is 13.7. The summed E-state index contributed by atoms with van der Waals surface area (Å²) < 4.78 is 6.18. The highest BCUT2D eigenvalue weighted by Crippen LogP contribution is 2.28. The van der Waals surface area contributed by atoms with Crippen molar-refractivity contribution in [1.29, 1.82) is 5.26 Å². The molecule has 3 aromatic carbocycles. The van der Waals surface area contributed by atoms with Crippen LogP contribution in [0.4, 0.5) is 0 Å². The maximum atomic E-state index is 13.7. The minimum Gasteiger partial charge on any atom is -0.460 e. The fourth-order valence-corrected chi connectivity index (χ4v) is 6.24. The fourth-order valence-electron chi connectivity index (χ4n) is 6.04. The normalized spacial score (nSPS) is 17.6. The van der Waals surface area contributed by atoms with E-state index in [0.717, 1.165) is 42.6 Å². The van der Waals surface area contributed by atoms with Crippen molar-refractivity contribution >= 4 is 17.5 Å². The van der Waals surface area contributed by atoms with Crippen molar-refractivity contribution in [3.8, 4) is 17.4 Å². The maximum Gasteiger partial charge on any atom is 0.253 e. The van der Waals surface area contributed by atoms with E-state index in [2.05, 4.69) is 65.4 Å². The second-order valence-corrected chi connectivity index (χ2v) is 12.8. The van der Waals surface area contributed by atoms with Crippen LogP contribution in [0.2, 0.25) is 5.02 Å². The van der Waals surface area contributed by atoms with E-state index >= 15 is 0 Å². The molecule has 0 saturated heterocycles. The molecule has 0 radical (unpaired) electrons. The van der Waals surface area contributed by atoms with Gasteiger partial charge in [0, 0.05) is 36.3 Å². The molecule has 0 unspecified atom stereocenters. The molecule has 0 aliphatic heterocycles. The van der Waals surface area contributed by atoms with Gasteiger partial charge in [0.1, 0.15) is 11.5 Å². The summed E-state index contributed by atoms with van der Waals surface area (Å²) in [6, 6.07) is 28.5. The van der Waals surface area contributed by atoms with E-state index in [0.29, 0.717) is 53.5 Å². The zero-order valence-electron chi connectivity index (χ0n) is 26.9. The molecule has 1 fully saturated rings. The second-order valence-electron chi connectivity index (χ2n) is 12.4. The molecule has 4 aromatic rings. The summed E-state index contributed by atoms with van der Waals surface area (Å²) in [5, 5.41) is 23.5. The Bertz CT molecular complexity index is 1620. The van der Waals surface area contributed by atoms with Crippen LogP contribution in [-0.4, -0.2) is 37.6 Å². The summed E-state index contributed by atoms with van der Waals surface area (Å²) in [6.45, 7) is 5.43. The van der Waals surface area contributed by atoms with Crippen molar-refractivity contribution in [1.82, 2.24) is 21.3 Å². The molecule has 1 aliphatic rings. The molecule has 46 heavy (non-hydrogen) atoms. The Morgan fingerprint density at radius 3 is 2.39 bits per heavy atom. The second kappa shape index (κ2) is 16.1. The molecule has 4 N–H and O–H groups in total. The van der Waals surface area contributed by atoms with Gasteiger partial charge in [-0.2, -0.15) is 5.26 Å². The first-order valence-corrected chi connectivity index (χ1v) is 16.6. The molecule has 7 nitrogen and oxygen atoms in total. The van der Waals surface area contributed by atoms with Crippen molar-refractivity contribution in [2.75, 3.05) is 13.6 Å². The van der Waals surface area contributed by atoms with Crippen LogP contribution in [0.3, 0.4) is 0 Å². The van der Waals surface area contributed by atoms with Crippen molar-refractivity contribution in [3.05, 3.63) is 117 Å². The fraction of sp³-hybridized carbons (Fsp3) is 0.368. The van der Waals surface area contributed by atoms with Crippen LogP contribution in [-0.2, 0) is 13.0 Å². The van der Waals surface area contributed by atoms with Crippen molar-refractivity contribution < 1.29 is 9.21 Å². The smallest absolute Gasteiger partial charge is 0.253 e. The third kappa shape index (κ3) is 9.08. The monoisotopic (exact) mass is 637 g/mol. The zero-order valence-corrected chi connectivity index (χ0v) is 27.7. The maximum absolute atomic E-state index is 13.7. The molecule has 1 saturated carbocycles. The van der Waals surface area contributed by atoms with E-state index < -0.39 is 0 Å². The molecule has 240 valence electrons. The van der Waals surface area contributed by atoms with Gasteiger partial charge in [-0.15, -0.1) is 0 Å². The third-order valence-electron chi connectivity index (χ3n) is 9.01. The van der Waals surface area contributed by atoms with Gasteiger partial charge in [0.25, 0.3) is 5.91 Å². The molecule has 5 rings (SSSR count). The molecule has 2 atom stereocenters. The van der Waals surface area contributed by atoms with Crippen molar-refractivity contribution in [2.45, 2.75) is 76.7 Å². The van der Waals surface area contributed by atoms with Crippen LogP contribution in [0, 0.1) is 18.3 Å². The number of nitrogens with one attached hydrogen (secondary N) is 4. The molecular weight excluding hydrogens is 594 g/mol. The summed E-state index contributed by atoms with van der Waals surface area (Å²) in [7, 11) is 2.03. The van der Waals surface area contributed by atoms with Gasteiger partial charge in [0.2, 0.25) is 0 Å². The molecule has 1 aromatic heterocycles. The Morgan fingerprint density at radius 2 is 1.70 bits per heavy atom. The largest absolute Gasteiger partial charge is 0.460 e. The van der Waals surface area contributed by atoms with Gasteiger partial charge < -0.3 is 25.7 Å². The van der Waals surface area contributed by atoms with E-state index in [1.54, 1.807) is 12.1 Å². The van der Waals surface area contributed by atoms with E-state index in [-0.39, 0.29) is 18.0 Å². The topological polar surface area (TPSA) is 102 Å². The number of hydrogen-bond donors (Lipinski definition) is 4. The van der Waals surface area contributed by atoms with Crippen LogP contribution in [0.15, 0.2) is 83.3 Å². The predicted octanol–water partition coefficient (Wildman–Crippen LogP) is 7.09. The zero-order chi connectivity index (χ0) is 32.5. The highest BCUT2D eigenvalue weighted by Gasteiger charge is 2.23. The van der Waals surface area contributed by atoms with Gasteiger partial charge in [-0.05, 0) is 107 Å². The Kier molecular flexibility index (Phi) is 11.7. The SMILES string of the molecule is CNC1CCC(NC[C@@H](Cc2ccc(C#N)cc2)NC(=O)c2cc(-c3ccc(CN[C@H](C)c4ccc(C)cc4)o3)ccc2Cl)CC1. The number of furan rings is 1. The molecular formula is C38H44ClN5O2. The number of carbonyl (C=O) groups is 1. The number of rotatable bonds is 13. The van der Waals surface area contributed by atoms with Gasteiger partial charge in [-0.3, -0.25) is 4.79 Å². The number of halogens is 1. The standard InChI is InChI=1S/C38H44ClN5O2/c1-25-4-10-29(11-5-25)26(2)42-24-34-17-19-37(46-34)30-12-18-36(39)35(21-30)38(45)44-33(20-27-6-8-28(22-40)9-7-27)23-43-32-15-13-31(41-3)14-16-32/h4-12,17-19,21,26,31-33,41-43H,13-16,20,23-24H2,1-3H3,(H,44,45)/t26-,31?,32?,33-/m1/s1. The van der Waals surface area contributed by atoms with Gasteiger partial charge >= 0.3 is 0 Å². The lowest BCUT2D eigenvalue weighted by molar-refractivity contribution is 0.0935. The van der Waals surface area contributed by atoms with Crippen molar-refractivity contribution in [3.63, 3.8) is 0 Å². The highest BCUT2D eigenvalue weighted by molar-refractivity contribution is 6.34. The Balaban J connectivity index is 1.25. The van der Waals surface area contributed by atoms with Gasteiger partial charge in [0.15, 0.2) is 0 Å². The number of hydrogen-bond acceptors (Lipinski definition) is 6. The molecule has 1 amide bonds. The Hall–Kier alpha value is -3.93. The van der Waals surface area contributed by atoms with Crippen LogP contribution in [0.1, 0.15) is 77.0 Å². The number of aryl methyl sites for hydroxylation is 1. The van der Waals surface area contributed by atoms with Crippen LogP contribution in [0.5, 0.6) is 0 Å². The Labute approximate surface area is 277 Å². The average molecular weight is 638 g/mol. The minimum absolute atomic E-state index is 0.168. The molecule has 1 heterocycles. The van der Waals surface area contributed by atoms with Gasteiger partial charge in [0.05, 0.1) is 28.8 Å². The van der Waals surface area contributed by atoms with Crippen LogP contribution >= 0.6 is 11.6 Å². The van der Waals surface area contributed by atoms with Crippen molar-refractivity contribution in [2.24, 2.45) is 0 Å². The van der Waals surface area contributed by atoms with Crippen LogP contribution in [0.25, 0.3) is 11.3 Å². The van der Waals surface area contributed by atoms with Gasteiger partial charge in [-0.1, -0.05) is 53.6 Å². The Morgan fingerprint density at radius 1 is 0.978 bits per heavy atom. The van der Waals surface area contributed by atoms with Gasteiger partial charge in [-0.25, -0.2) is 0 Å². The lowest BCUT2D eigenvalue weighted by Crippen LogP contribution is -2.47. The molecule has 0 spiro atoms. The van der Waals surface area contributed by atoms with E-state index in [1.807, 2.05) is 49.5 Å². The van der Waals surface area contributed by atoms with Crippen LogP contribution < -0.4 is 21.3 Å². The number of benzene rings is 3. The summed E-state index contributed by atoms with van der Waals surface area (Å²) in [5.41, 5.74) is 5.32. The molecule has 8 heteroatoms. The summed E-state index contributed by atoms with van der Waals surface area (Å²) >= 11 is 6.59. The molecule has 0 bridgehead atoms. The quantitative estimate of drug-likeness (QED) is 0.125. The van der Waals surface area contributed by atoms with E-state index in [4.69, 9.17) is 16.0 Å². The number of nitrogens with zero attached hydrogens (tertiary/aromatic N) is 1. The average Bonchev–Trinajstić information content (AvgIpc) is 3.56.